The maximum absolute atomic E-state index is 4.49. The van der Waals surface area contributed by atoms with Gasteiger partial charge in [0.15, 0.2) is 5.17 Å². The van der Waals surface area contributed by atoms with Crippen LogP contribution >= 0.6 is 36.6 Å². The van der Waals surface area contributed by atoms with E-state index in [1.54, 1.807) is 0 Å². The maximum Gasteiger partial charge on any atom is 0.157 e. The molecule has 0 unspecified atom stereocenters. The van der Waals surface area contributed by atoms with Gasteiger partial charge in [-0.15, -0.1) is 24.8 Å². The molecule has 0 saturated heterocycles. The van der Waals surface area contributed by atoms with Crippen LogP contribution in [-0.4, -0.2) is 28.0 Å². The molecule has 0 spiro atoms. The number of thioether (sulfide) groups is 1. The Balaban J connectivity index is 0.00000162. The minimum Gasteiger partial charge on any atom is -0.358 e. The second kappa shape index (κ2) is 8.67. The quantitative estimate of drug-likeness (QED) is 0.864. The summed E-state index contributed by atoms with van der Waals surface area (Å²) in [5.41, 5.74) is 1.46. The second-order valence-corrected chi connectivity index (χ2v) is 6.03. The number of amidine groups is 1. The van der Waals surface area contributed by atoms with Crippen molar-refractivity contribution in [2.24, 2.45) is 4.99 Å². The van der Waals surface area contributed by atoms with E-state index < -0.39 is 0 Å². The summed E-state index contributed by atoms with van der Waals surface area (Å²) in [5.74, 6) is 1.11. The van der Waals surface area contributed by atoms with Crippen molar-refractivity contribution in [1.82, 2.24) is 10.3 Å². The van der Waals surface area contributed by atoms with Gasteiger partial charge in [-0.05, 0) is 38.3 Å². The molecule has 19 heavy (non-hydrogen) atoms. The van der Waals surface area contributed by atoms with Crippen molar-refractivity contribution in [3.63, 3.8) is 0 Å². The molecule has 1 aliphatic rings. The third kappa shape index (κ3) is 6.50. The zero-order chi connectivity index (χ0) is 12.1. The Morgan fingerprint density at radius 1 is 1.37 bits per heavy atom. The van der Waals surface area contributed by atoms with Gasteiger partial charge in [-0.2, -0.15) is 0 Å². The van der Waals surface area contributed by atoms with E-state index in [4.69, 9.17) is 0 Å². The van der Waals surface area contributed by atoms with Gasteiger partial charge >= 0.3 is 0 Å². The molecule has 0 fully saturated rings. The number of pyridine rings is 1. The predicted molar refractivity (Wildman–Crippen MR) is 89.0 cm³/mol. The molecule has 0 radical (unpaired) electrons. The van der Waals surface area contributed by atoms with Crippen LogP contribution in [0.25, 0.3) is 0 Å². The van der Waals surface area contributed by atoms with Gasteiger partial charge in [0.2, 0.25) is 0 Å². The van der Waals surface area contributed by atoms with Gasteiger partial charge in [-0.3, -0.25) is 9.98 Å². The van der Waals surface area contributed by atoms with Crippen LogP contribution in [0.15, 0.2) is 29.5 Å². The Labute approximate surface area is 131 Å². The van der Waals surface area contributed by atoms with Crippen molar-refractivity contribution in [2.75, 3.05) is 12.3 Å². The fourth-order valence-electron chi connectivity index (χ4n) is 1.71. The van der Waals surface area contributed by atoms with Crippen molar-refractivity contribution in [1.29, 1.82) is 0 Å². The molecule has 108 valence electrons. The molecule has 2 heterocycles. The van der Waals surface area contributed by atoms with E-state index in [-0.39, 0.29) is 30.4 Å². The number of hydrogen-bond donors (Lipinski definition) is 1. The first-order valence-corrected chi connectivity index (χ1v) is 6.99. The largest absolute Gasteiger partial charge is 0.358 e. The van der Waals surface area contributed by atoms with Gasteiger partial charge in [0.1, 0.15) is 0 Å². The topological polar surface area (TPSA) is 37.3 Å². The van der Waals surface area contributed by atoms with Crippen LogP contribution in [-0.2, 0) is 6.42 Å². The molecule has 1 aromatic heterocycles. The summed E-state index contributed by atoms with van der Waals surface area (Å²) < 4.78 is 0. The molecule has 0 aliphatic carbocycles. The molecular formula is C13H21Cl2N3S. The monoisotopic (exact) mass is 321 g/mol. The number of aryl methyl sites for hydroxylation is 1. The normalized spacial score (nSPS) is 15.8. The van der Waals surface area contributed by atoms with E-state index in [1.165, 1.54) is 5.56 Å². The lowest BCUT2D eigenvalue weighted by molar-refractivity contribution is 0.508. The smallest absolute Gasteiger partial charge is 0.157 e. The SMILES string of the molecule is CC1(C)CN=C(SCCCc2cccnc2)N1.Cl.Cl. The number of aromatic nitrogens is 1. The Morgan fingerprint density at radius 2 is 2.16 bits per heavy atom. The maximum atomic E-state index is 4.49. The van der Waals surface area contributed by atoms with Gasteiger partial charge in [0.25, 0.3) is 0 Å². The van der Waals surface area contributed by atoms with Crippen LogP contribution in [0.2, 0.25) is 0 Å². The number of nitrogens with zero attached hydrogens (tertiary/aromatic N) is 2. The lowest BCUT2D eigenvalue weighted by atomic mass is 10.1. The van der Waals surface area contributed by atoms with E-state index in [0.29, 0.717) is 0 Å². The molecule has 3 nitrogen and oxygen atoms in total. The van der Waals surface area contributed by atoms with Crippen LogP contribution in [0.3, 0.4) is 0 Å². The number of aliphatic imine (C=N–C) groups is 1. The van der Waals surface area contributed by atoms with Gasteiger partial charge < -0.3 is 5.32 Å². The average molecular weight is 322 g/mol. The van der Waals surface area contributed by atoms with Crippen molar-refractivity contribution in [2.45, 2.75) is 32.2 Å². The van der Waals surface area contributed by atoms with Crippen LogP contribution in [0.4, 0.5) is 0 Å². The summed E-state index contributed by atoms with van der Waals surface area (Å²) in [7, 11) is 0. The summed E-state index contributed by atoms with van der Waals surface area (Å²) in [4.78, 5) is 8.61. The lowest BCUT2D eigenvalue weighted by Gasteiger charge is -2.17. The van der Waals surface area contributed by atoms with Crippen LogP contribution in [0.5, 0.6) is 0 Å². The molecule has 1 aliphatic heterocycles. The third-order valence-electron chi connectivity index (χ3n) is 2.63. The highest BCUT2D eigenvalue weighted by Gasteiger charge is 2.24. The number of rotatable bonds is 4. The molecule has 0 amide bonds. The fraction of sp³-hybridized carbons (Fsp3) is 0.538. The molecule has 0 atom stereocenters. The Morgan fingerprint density at radius 3 is 2.74 bits per heavy atom. The summed E-state index contributed by atoms with van der Waals surface area (Å²) in [5, 5.41) is 4.53. The number of nitrogens with one attached hydrogen (secondary N) is 1. The molecule has 6 heteroatoms. The lowest BCUT2D eigenvalue weighted by Crippen LogP contribution is -2.38. The van der Waals surface area contributed by atoms with Crippen LogP contribution in [0.1, 0.15) is 25.8 Å². The van der Waals surface area contributed by atoms with Gasteiger partial charge in [-0.25, -0.2) is 0 Å². The second-order valence-electron chi connectivity index (χ2n) is 4.94. The summed E-state index contributed by atoms with van der Waals surface area (Å²) >= 11 is 1.82. The zero-order valence-corrected chi connectivity index (χ0v) is 13.7. The Kier molecular flexibility index (Phi) is 8.46. The Hall–Kier alpha value is -0.450. The standard InChI is InChI=1S/C13H19N3S.2ClH/c1-13(2)10-15-12(16-13)17-8-4-6-11-5-3-7-14-9-11;;/h3,5,7,9H,4,6,8,10H2,1-2H3,(H,15,16);2*1H. The van der Waals surface area contributed by atoms with Crippen molar-refractivity contribution in [3.8, 4) is 0 Å². The van der Waals surface area contributed by atoms with Crippen LogP contribution in [0, 0.1) is 0 Å². The van der Waals surface area contributed by atoms with Crippen molar-refractivity contribution < 1.29 is 0 Å². The molecule has 0 aromatic carbocycles. The first kappa shape index (κ1) is 18.6. The summed E-state index contributed by atoms with van der Waals surface area (Å²) in [6.45, 7) is 5.25. The van der Waals surface area contributed by atoms with Crippen LogP contribution < -0.4 is 5.32 Å². The number of hydrogen-bond acceptors (Lipinski definition) is 4. The summed E-state index contributed by atoms with van der Waals surface area (Å²) in [6.07, 6.45) is 6.02. The molecule has 1 N–H and O–H groups in total. The zero-order valence-electron chi connectivity index (χ0n) is 11.3. The summed E-state index contributed by atoms with van der Waals surface area (Å²) in [6, 6.07) is 4.12. The molecule has 0 bridgehead atoms. The van der Waals surface area contributed by atoms with Gasteiger partial charge in [-0.1, -0.05) is 17.8 Å². The molecule has 0 saturated carbocycles. The van der Waals surface area contributed by atoms with E-state index >= 15 is 0 Å². The predicted octanol–water partition coefficient (Wildman–Crippen LogP) is 3.33. The molecule has 2 rings (SSSR count). The van der Waals surface area contributed by atoms with E-state index in [2.05, 4.69) is 35.2 Å². The highest BCUT2D eigenvalue weighted by atomic mass is 35.5. The minimum absolute atomic E-state index is 0. The van der Waals surface area contributed by atoms with E-state index in [1.807, 2.05) is 30.2 Å². The first-order chi connectivity index (χ1) is 8.16. The number of halogens is 2. The fourth-order valence-corrected chi connectivity index (χ4v) is 2.70. The minimum atomic E-state index is 0. The van der Waals surface area contributed by atoms with Crippen molar-refractivity contribution in [3.05, 3.63) is 30.1 Å². The molecular weight excluding hydrogens is 301 g/mol. The van der Waals surface area contributed by atoms with E-state index in [0.717, 1.165) is 30.3 Å². The Bertz CT molecular complexity index is 396. The first-order valence-electron chi connectivity index (χ1n) is 6.00. The van der Waals surface area contributed by atoms with Gasteiger partial charge in [0.05, 0.1) is 12.1 Å². The molecule has 1 aromatic rings. The highest BCUT2D eigenvalue weighted by molar-refractivity contribution is 8.13. The highest BCUT2D eigenvalue weighted by Crippen LogP contribution is 2.17. The van der Waals surface area contributed by atoms with Gasteiger partial charge in [0, 0.05) is 18.1 Å². The third-order valence-corrected chi connectivity index (χ3v) is 3.63. The average Bonchev–Trinajstić information content (AvgIpc) is 2.66. The van der Waals surface area contributed by atoms with Crippen molar-refractivity contribution >= 4 is 41.7 Å². The van der Waals surface area contributed by atoms with E-state index in [9.17, 15) is 0 Å².